The van der Waals surface area contributed by atoms with E-state index in [-0.39, 0.29) is 4.92 Å². The number of hydrogen-bond acceptors (Lipinski definition) is 3. The van der Waals surface area contributed by atoms with Crippen LogP contribution >= 0.6 is 0 Å². The normalized spacial score (nSPS) is 11.7. The lowest BCUT2D eigenvalue weighted by atomic mass is 10.0. The monoisotopic (exact) mass is 411 g/mol. The van der Waals surface area contributed by atoms with Crippen LogP contribution in [0.15, 0.2) is 11.8 Å². The van der Waals surface area contributed by atoms with Crippen LogP contribution in [0.25, 0.3) is 0 Å². The molecule has 0 aromatic rings. The van der Waals surface area contributed by atoms with Gasteiger partial charge in [0, 0.05) is 12.8 Å². The second-order valence-corrected chi connectivity index (χ2v) is 8.29. The number of nitro groups is 1. The van der Waals surface area contributed by atoms with Crippen molar-refractivity contribution in [1.82, 2.24) is 0 Å². The predicted molar refractivity (Wildman–Crippen MR) is 121 cm³/mol. The van der Waals surface area contributed by atoms with Crippen molar-refractivity contribution in [3.8, 4) is 0 Å². The smallest absolute Gasteiger partial charge is 0.303 e. The maximum atomic E-state index is 11.2. The van der Waals surface area contributed by atoms with Crippen molar-refractivity contribution >= 4 is 5.97 Å². The lowest BCUT2D eigenvalue weighted by Gasteiger charge is -2.03. The van der Waals surface area contributed by atoms with Gasteiger partial charge in [0.2, 0.25) is 5.70 Å². The largest absolute Gasteiger partial charge is 0.481 e. The number of nitrogens with zero attached hydrogens (tertiary/aromatic N) is 1. The van der Waals surface area contributed by atoms with Crippen LogP contribution in [0.5, 0.6) is 0 Å². The number of aliphatic carboxylic acids is 1. The van der Waals surface area contributed by atoms with Gasteiger partial charge in [0.1, 0.15) is 0 Å². The molecule has 0 spiro atoms. The fraction of sp³-hybridized carbons (Fsp3) is 0.875. The summed E-state index contributed by atoms with van der Waals surface area (Å²) >= 11 is 0. The van der Waals surface area contributed by atoms with Crippen molar-refractivity contribution in [3.63, 3.8) is 0 Å². The summed E-state index contributed by atoms with van der Waals surface area (Å²) in [6.45, 7) is 2.21. The molecule has 0 aromatic heterocycles. The van der Waals surface area contributed by atoms with Gasteiger partial charge in [0.05, 0.1) is 4.92 Å². The summed E-state index contributed by atoms with van der Waals surface area (Å²) in [5.74, 6) is -0.691. The van der Waals surface area contributed by atoms with Gasteiger partial charge in [-0.25, -0.2) is 0 Å². The molecule has 0 saturated carbocycles. The van der Waals surface area contributed by atoms with Gasteiger partial charge < -0.3 is 5.11 Å². The molecule has 0 bridgehead atoms. The zero-order valence-corrected chi connectivity index (χ0v) is 18.8. The molecule has 0 atom stereocenters. The molecule has 0 radical (unpaired) electrons. The third-order valence-corrected chi connectivity index (χ3v) is 5.50. The van der Waals surface area contributed by atoms with Crippen LogP contribution in [0.4, 0.5) is 0 Å². The van der Waals surface area contributed by atoms with Crippen LogP contribution in [-0.4, -0.2) is 16.0 Å². The number of unbranched alkanes of at least 4 members (excludes halogenated alkanes) is 16. The topological polar surface area (TPSA) is 80.4 Å². The molecule has 1 N–H and O–H groups in total. The van der Waals surface area contributed by atoms with E-state index in [9.17, 15) is 14.9 Å². The Morgan fingerprint density at radius 1 is 0.724 bits per heavy atom. The van der Waals surface area contributed by atoms with Crippen molar-refractivity contribution in [2.45, 2.75) is 135 Å². The lowest BCUT2D eigenvalue weighted by molar-refractivity contribution is -0.428. The zero-order chi connectivity index (χ0) is 21.6. The van der Waals surface area contributed by atoms with Gasteiger partial charge in [-0.3, -0.25) is 14.9 Å². The molecule has 0 unspecified atom stereocenters. The quantitative estimate of drug-likeness (QED) is 0.111. The summed E-state index contributed by atoms with van der Waals surface area (Å²) in [4.78, 5) is 21.4. The highest BCUT2D eigenvalue weighted by atomic mass is 16.6. The SMILES string of the molecule is CCCCCCCC/C=C(\CCCCCCCCCCCCCC(=O)O)[N+](=O)[O-]. The molecule has 170 valence electrons. The van der Waals surface area contributed by atoms with Gasteiger partial charge in [-0.15, -0.1) is 0 Å². The first-order valence-electron chi connectivity index (χ1n) is 12.1. The van der Waals surface area contributed by atoms with Gasteiger partial charge in [-0.05, 0) is 31.8 Å². The summed E-state index contributed by atoms with van der Waals surface area (Å²) in [7, 11) is 0. The summed E-state index contributed by atoms with van der Waals surface area (Å²) in [6.07, 6.45) is 23.2. The second-order valence-electron chi connectivity index (χ2n) is 8.29. The van der Waals surface area contributed by atoms with Gasteiger partial charge in [-0.2, -0.15) is 0 Å². The standard InChI is InChI=1S/C24H45NO4/c1-2-3-4-5-11-14-17-20-23(25(28)29)21-18-15-12-9-7-6-8-10-13-16-19-22-24(26)27/h20H,2-19,21-22H2,1H3,(H,26,27)/b23-20+. The highest BCUT2D eigenvalue weighted by molar-refractivity contribution is 5.66. The molecule has 29 heavy (non-hydrogen) atoms. The Bertz CT molecular complexity index is 435. The van der Waals surface area contributed by atoms with Crippen LogP contribution in [0.2, 0.25) is 0 Å². The van der Waals surface area contributed by atoms with E-state index in [1.54, 1.807) is 0 Å². The Morgan fingerprint density at radius 3 is 1.59 bits per heavy atom. The van der Waals surface area contributed by atoms with Crippen molar-refractivity contribution in [3.05, 3.63) is 21.9 Å². The van der Waals surface area contributed by atoms with Gasteiger partial charge in [0.15, 0.2) is 0 Å². The second kappa shape index (κ2) is 21.3. The van der Waals surface area contributed by atoms with Crippen LogP contribution < -0.4 is 0 Å². The van der Waals surface area contributed by atoms with Crippen molar-refractivity contribution < 1.29 is 14.8 Å². The minimum Gasteiger partial charge on any atom is -0.481 e. The van der Waals surface area contributed by atoms with Crippen molar-refractivity contribution in [2.75, 3.05) is 0 Å². The number of hydrogen-bond donors (Lipinski definition) is 1. The predicted octanol–water partition coefficient (Wildman–Crippen LogP) is 8.05. The van der Waals surface area contributed by atoms with Crippen LogP contribution in [0.1, 0.15) is 135 Å². The first-order valence-corrected chi connectivity index (χ1v) is 12.1. The molecule has 0 aromatic carbocycles. The summed E-state index contributed by atoms with van der Waals surface area (Å²) < 4.78 is 0. The first kappa shape index (κ1) is 27.6. The number of rotatable bonds is 22. The first-order chi connectivity index (χ1) is 14.1. The maximum Gasteiger partial charge on any atom is 0.303 e. The van der Waals surface area contributed by atoms with E-state index < -0.39 is 5.97 Å². The van der Waals surface area contributed by atoms with Gasteiger partial charge in [-0.1, -0.05) is 96.8 Å². The minimum absolute atomic E-state index is 0.187. The maximum absolute atomic E-state index is 11.2. The molecular formula is C24H45NO4. The molecule has 0 aliphatic heterocycles. The van der Waals surface area contributed by atoms with E-state index >= 15 is 0 Å². The molecule has 0 saturated heterocycles. The highest BCUT2D eigenvalue weighted by Crippen LogP contribution is 2.16. The van der Waals surface area contributed by atoms with Crippen LogP contribution in [0, 0.1) is 10.1 Å². The van der Waals surface area contributed by atoms with E-state index in [0.29, 0.717) is 18.5 Å². The van der Waals surface area contributed by atoms with Gasteiger partial charge in [0.25, 0.3) is 0 Å². The number of carboxylic acid groups (broad SMARTS) is 1. The van der Waals surface area contributed by atoms with Crippen LogP contribution in [-0.2, 0) is 4.79 Å². The molecular weight excluding hydrogens is 366 g/mol. The summed E-state index contributed by atoms with van der Waals surface area (Å²) in [6, 6.07) is 0. The Morgan fingerprint density at radius 2 is 1.14 bits per heavy atom. The van der Waals surface area contributed by atoms with E-state index in [2.05, 4.69) is 6.92 Å². The molecule has 0 aliphatic rings. The van der Waals surface area contributed by atoms with Crippen LogP contribution in [0.3, 0.4) is 0 Å². The Kier molecular flexibility index (Phi) is 20.3. The Hall–Kier alpha value is -1.39. The fourth-order valence-corrected chi connectivity index (χ4v) is 3.63. The number of allylic oxidation sites excluding steroid dienone is 2. The Labute approximate surface area is 178 Å². The molecule has 0 rings (SSSR count). The number of carboxylic acids is 1. The summed E-state index contributed by atoms with van der Waals surface area (Å²) in [5.41, 5.74) is 0.418. The fourth-order valence-electron chi connectivity index (χ4n) is 3.63. The molecule has 0 heterocycles. The molecule has 0 amide bonds. The van der Waals surface area contributed by atoms with Crippen molar-refractivity contribution in [2.24, 2.45) is 0 Å². The lowest BCUT2D eigenvalue weighted by Crippen LogP contribution is -1.99. The zero-order valence-electron chi connectivity index (χ0n) is 18.8. The van der Waals surface area contributed by atoms with E-state index in [1.807, 2.05) is 6.08 Å². The molecule has 0 fully saturated rings. The average Bonchev–Trinajstić information content (AvgIpc) is 2.68. The minimum atomic E-state index is -0.691. The van der Waals surface area contributed by atoms with E-state index in [0.717, 1.165) is 44.9 Å². The average molecular weight is 412 g/mol. The van der Waals surface area contributed by atoms with Gasteiger partial charge >= 0.3 is 5.97 Å². The molecule has 5 heteroatoms. The number of carbonyl (C=O) groups is 1. The third-order valence-electron chi connectivity index (χ3n) is 5.50. The third kappa shape index (κ3) is 21.1. The molecule has 0 aliphatic carbocycles. The summed E-state index contributed by atoms with van der Waals surface area (Å²) in [5, 5.41) is 19.8. The van der Waals surface area contributed by atoms with E-state index in [1.165, 1.54) is 70.6 Å². The highest BCUT2D eigenvalue weighted by Gasteiger charge is 2.09. The van der Waals surface area contributed by atoms with Crippen molar-refractivity contribution in [1.29, 1.82) is 0 Å². The van der Waals surface area contributed by atoms with E-state index in [4.69, 9.17) is 5.11 Å². The molecule has 5 nitrogen and oxygen atoms in total. The Balaban J connectivity index is 3.52.